The molecule has 1 rings (SSSR count). The summed E-state index contributed by atoms with van der Waals surface area (Å²) in [5, 5.41) is 5.84. The van der Waals surface area contributed by atoms with Crippen LogP contribution in [-0.2, 0) is 9.53 Å². The van der Waals surface area contributed by atoms with Crippen LogP contribution in [0, 0.1) is 0 Å². The van der Waals surface area contributed by atoms with Gasteiger partial charge in [0.25, 0.3) is 0 Å². The van der Waals surface area contributed by atoms with Crippen LogP contribution in [0.25, 0.3) is 0 Å². The number of methoxy groups -OCH3 is 1. The molecule has 18 heavy (non-hydrogen) atoms. The van der Waals surface area contributed by atoms with Crippen LogP contribution in [0.1, 0.15) is 36.2 Å². The summed E-state index contributed by atoms with van der Waals surface area (Å²) in [4.78, 5) is 21.9. The first kappa shape index (κ1) is 14.2. The van der Waals surface area contributed by atoms with Gasteiger partial charge in [-0.1, -0.05) is 0 Å². The molecule has 100 valence electrons. The van der Waals surface area contributed by atoms with E-state index in [1.807, 2.05) is 6.92 Å². The van der Waals surface area contributed by atoms with Crippen molar-refractivity contribution in [1.29, 1.82) is 0 Å². The molecule has 0 aromatic carbocycles. The highest BCUT2D eigenvalue weighted by atomic mass is 16.5. The van der Waals surface area contributed by atoms with Crippen LogP contribution in [-0.4, -0.2) is 32.1 Å². The molecule has 1 atom stereocenters. The lowest BCUT2D eigenvalue weighted by Crippen LogP contribution is -2.31. The van der Waals surface area contributed by atoms with Crippen molar-refractivity contribution in [2.24, 2.45) is 0 Å². The minimum atomic E-state index is -0.494. The lowest BCUT2D eigenvalue weighted by atomic mass is 10.2. The number of ether oxygens (including phenoxy) is 1. The van der Waals surface area contributed by atoms with E-state index in [2.05, 4.69) is 15.4 Å². The molecule has 2 N–H and O–H groups in total. The first-order chi connectivity index (χ1) is 8.54. The maximum atomic E-state index is 11.2. The SMILES string of the molecule is COC(=O)c1ccc(C(C)NCCNC(C)=O)o1. The van der Waals surface area contributed by atoms with Crippen LogP contribution in [0.15, 0.2) is 16.5 Å². The molecule has 0 saturated carbocycles. The molecule has 1 unspecified atom stereocenters. The van der Waals surface area contributed by atoms with E-state index in [-0.39, 0.29) is 17.7 Å². The van der Waals surface area contributed by atoms with Gasteiger partial charge in [-0.3, -0.25) is 4.79 Å². The number of furan rings is 1. The zero-order valence-corrected chi connectivity index (χ0v) is 10.8. The van der Waals surface area contributed by atoms with E-state index in [4.69, 9.17) is 4.42 Å². The normalized spacial score (nSPS) is 11.9. The van der Waals surface area contributed by atoms with Crippen molar-refractivity contribution in [2.45, 2.75) is 19.9 Å². The topological polar surface area (TPSA) is 80.6 Å². The second-order valence-corrected chi connectivity index (χ2v) is 3.85. The molecule has 0 aliphatic carbocycles. The number of carbonyl (C=O) groups excluding carboxylic acids is 2. The van der Waals surface area contributed by atoms with E-state index in [0.717, 1.165) is 0 Å². The monoisotopic (exact) mass is 254 g/mol. The molecule has 0 aliphatic rings. The maximum Gasteiger partial charge on any atom is 0.373 e. The molecule has 1 heterocycles. The van der Waals surface area contributed by atoms with Gasteiger partial charge in [0.2, 0.25) is 11.7 Å². The van der Waals surface area contributed by atoms with Gasteiger partial charge in [0, 0.05) is 20.0 Å². The van der Waals surface area contributed by atoms with Gasteiger partial charge in [0.15, 0.2) is 0 Å². The fourth-order valence-corrected chi connectivity index (χ4v) is 1.42. The van der Waals surface area contributed by atoms with E-state index >= 15 is 0 Å². The average molecular weight is 254 g/mol. The third kappa shape index (κ3) is 4.21. The summed E-state index contributed by atoms with van der Waals surface area (Å²) in [7, 11) is 1.31. The second kappa shape index (κ2) is 6.80. The van der Waals surface area contributed by atoms with Gasteiger partial charge < -0.3 is 19.8 Å². The summed E-state index contributed by atoms with van der Waals surface area (Å²) >= 11 is 0. The van der Waals surface area contributed by atoms with Crippen molar-refractivity contribution >= 4 is 11.9 Å². The molecule has 1 aromatic heterocycles. The zero-order chi connectivity index (χ0) is 13.5. The van der Waals surface area contributed by atoms with Crippen LogP contribution in [0.4, 0.5) is 0 Å². The van der Waals surface area contributed by atoms with Gasteiger partial charge in [-0.25, -0.2) is 4.79 Å². The van der Waals surface area contributed by atoms with Crippen molar-refractivity contribution in [3.63, 3.8) is 0 Å². The molecular formula is C12H18N2O4. The van der Waals surface area contributed by atoms with Crippen LogP contribution < -0.4 is 10.6 Å². The van der Waals surface area contributed by atoms with Crippen LogP contribution in [0.3, 0.4) is 0 Å². The van der Waals surface area contributed by atoms with E-state index in [9.17, 15) is 9.59 Å². The Hall–Kier alpha value is -1.82. The number of hydrogen-bond donors (Lipinski definition) is 2. The average Bonchev–Trinajstić information content (AvgIpc) is 2.82. The fraction of sp³-hybridized carbons (Fsp3) is 0.500. The minimum Gasteiger partial charge on any atom is -0.463 e. The third-order valence-corrected chi connectivity index (χ3v) is 2.39. The summed E-state index contributed by atoms with van der Waals surface area (Å²) in [5.41, 5.74) is 0. The predicted octanol–water partition coefficient (Wildman–Crippen LogP) is 0.853. The fourth-order valence-electron chi connectivity index (χ4n) is 1.42. The van der Waals surface area contributed by atoms with Crippen molar-refractivity contribution in [3.05, 3.63) is 23.7 Å². The summed E-state index contributed by atoms with van der Waals surface area (Å²) in [5.74, 6) is 0.281. The number of hydrogen-bond acceptors (Lipinski definition) is 5. The molecule has 6 heteroatoms. The van der Waals surface area contributed by atoms with E-state index in [0.29, 0.717) is 18.8 Å². The molecule has 0 bridgehead atoms. The molecule has 0 aliphatic heterocycles. The minimum absolute atomic E-state index is 0.0443. The maximum absolute atomic E-state index is 11.2. The van der Waals surface area contributed by atoms with Crippen molar-refractivity contribution < 1.29 is 18.7 Å². The number of rotatable bonds is 6. The molecule has 0 saturated heterocycles. The van der Waals surface area contributed by atoms with Gasteiger partial charge in [-0.05, 0) is 19.1 Å². The third-order valence-electron chi connectivity index (χ3n) is 2.39. The number of esters is 1. The zero-order valence-electron chi connectivity index (χ0n) is 10.8. The van der Waals surface area contributed by atoms with E-state index in [1.54, 1.807) is 12.1 Å². The van der Waals surface area contributed by atoms with Crippen LogP contribution in [0.2, 0.25) is 0 Å². The molecule has 1 aromatic rings. The highest BCUT2D eigenvalue weighted by Gasteiger charge is 2.14. The first-order valence-corrected chi connectivity index (χ1v) is 5.70. The van der Waals surface area contributed by atoms with Gasteiger partial charge >= 0.3 is 5.97 Å². The lowest BCUT2D eigenvalue weighted by molar-refractivity contribution is -0.118. The molecule has 6 nitrogen and oxygen atoms in total. The Labute approximate surface area is 106 Å². The van der Waals surface area contributed by atoms with Crippen LogP contribution in [0.5, 0.6) is 0 Å². The van der Waals surface area contributed by atoms with Gasteiger partial charge in [0.05, 0.1) is 13.2 Å². The van der Waals surface area contributed by atoms with Gasteiger partial charge in [0.1, 0.15) is 5.76 Å². The van der Waals surface area contributed by atoms with Crippen LogP contribution >= 0.6 is 0 Å². The summed E-state index contributed by atoms with van der Waals surface area (Å²) in [6.45, 7) is 4.55. The van der Waals surface area contributed by atoms with Crippen molar-refractivity contribution in [3.8, 4) is 0 Å². The number of amides is 1. The molecular weight excluding hydrogens is 236 g/mol. The van der Waals surface area contributed by atoms with Crippen molar-refractivity contribution in [2.75, 3.05) is 20.2 Å². The predicted molar refractivity (Wildman–Crippen MR) is 65.1 cm³/mol. The summed E-state index contributed by atoms with van der Waals surface area (Å²) in [6, 6.07) is 3.26. The Morgan fingerprint density at radius 2 is 2.11 bits per heavy atom. The first-order valence-electron chi connectivity index (χ1n) is 5.70. The lowest BCUT2D eigenvalue weighted by Gasteiger charge is -2.11. The Balaban J connectivity index is 2.41. The Bertz CT molecular complexity index is 414. The number of carbonyl (C=O) groups is 2. The highest BCUT2D eigenvalue weighted by molar-refractivity contribution is 5.86. The standard InChI is InChI=1S/C12H18N2O4/c1-8(13-6-7-14-9(2)15)10-4-5-11(18-10)12(16)17-3/h4-5,8,13H,6-7H2,1-3H3,(H,14,15). The molecule has 0 radical (unpaired) electrons. The molecule has 0 fully saturated rings. The Morgan fingerprint density at radius 1 is 1.39 bits per heavy atom. The molecule has 0 spiro atoms. The van der Waals surface area contributed by atoms with E-state index in [1.165, 1.54) is 14.0 Å². The largest absolute Gasteiger partial charge is 0.463 e. The Kier molecular flexibility index (Phi) is 5.38. The highest BCUT2D eigenvalue weighted by Crippen LogP contribution is 2.16. The molecule has 1 amide bonds. The smallest absolute Gasteiger partial charge is 0.373 e. The summed E-state index contributed by atoms with van der Waals surface area (Å²) < 4.78 is 9.91. The Morgan fingerprint density at radius 3 is 2.72 bits per heavy atom. The number of nitrogens with one attached hydrogen (secondary N) is 2. The second-order valence-electron chi connectivity index (χ2n) is 3.85. The van der Waals surface area contributed by atoms with Crippen molar-refractivity contribution in [1.82, 2.24) is 10.6 Å². The summed E-state index contributed by atoms with van der Waals surface area (Å²) in [6.07, 6.45) is 0. The quantitative estimate of drug-likeness (QED) is 0.581. The van der Waals surface area contributed by atoms with E-state index < -0.39 is 5.97 Å². The van der Waals surface area contributed by atoms with Gasteiger partial charge in [-0.2, -0.15) is 0 Å². The van der Waals surface area contributed by atoms with Gasteiger partial charge in [-0.15, -0.1) is 0 Å².